The Labute approximate surface area is 496 Å². The van der Waals surface area contributed by atoms with Gasteiger partial charge in [-0.25, -0.2) is 0 Å². The van der Waals surface area contributed by atoms with Gasteiger partial charge in [-0.1, -0.05) is 59.6 Å². The molecule has 0 aromatic rings. The lowest BCUT2D eigenvalue weighted by molar-refractivity contribution is -0.318. The quantitative estimate of drug-likeness (QED) is 0.0383. The van der Waals surface area contributed by atoms with Gasteiger partial charge < -0.3 is 94.9 Å². The van der Waals surface area contributed by atoms with Gasteiger partial charge in [-0.15, -0.1) is 11.8 Å². The van der Waals surface area contributed by atoms with E-state index in [1.807, 2.05) is 20.8 Å². The lowest BCUT2D eigenvalue weighted by Gasteiger charge is -2.49. The van der Waals surface area contributed by atoms with Gasteiger partial charge in [0.15, 0.2) is 12.6 Å². The molecule has 5 saturated heterocycles. The Morgan fingerprint density at radius 3 is 2.12 bits per heavy atom. The van der Waals surface area contributed by atoms with E-state index in [-0.39, 0.29) is 74.9 Å². The van der Waals surface area contributed by atoms with Crippen LogP contribution in [0.2, 0.25) is 0 Å². The molecule has 0 aromatic carbocycles. The number of esters is 1. The molecule has 478 valence electrons. The summed E-state index contributed by atoms with van der Waals surface area (Å²) in [5, 5.41) is 101. The predicted octanol–water partition coefficient (Wildman–Crippen LogP) is 2.37. The number of carbonyl (C=O) groups excluding carboxylic acids is 3. The predicted molar refractivity (Wildman–Crippen MR) is 308 cm³/mol. The first-order chi connectivity index (χ1) is 38.1. The Hall–Kier alpha value is -1.59. The van der Waals surface area contributed by atoms with Crippen LogP contribution in [-0.4, -0.2) is 229 Å². The summed E-state index contributed by atoms with van der Waals surface area (Å²) >= 11 is 8.03. The van der Waals surface area contributed by atoms with E-state index in [9.17, 15) is 55.2 Å². The summed E-state index contributed by atoms with van der Waals surface area (Å²) in [7, 11) is 1.49. The van der Waals surface area contributed by atoms with Crippen molar-refractivity contribution in [3.63, 3.8) is 0 Å². The molecule has 13 unspecified atom stereocenters. The smallest absolute Gasteiger partial charge is 0.311 e. The lowest BCUT2D eigenvalue weighted by Crippen LogP contribution is -2.61. The van der Waals surface area contributed by atoms with E-state index in [0.717, 1.165) is 6.42 Å². The van der Waals surface area contributed by atoms with Gasteiger partial charge in [0.2, 0.25) is 11.8 Å². The van der Waals surface area contributed by atoms with Crippen LogP contribution >= 0.6 is 23.4 Å². The number of rotatable bonds is 19. The third kappa shape index (κ3) is 17.6. The van der Waals surface area contributed by atoms with Crippen LogP contribution in [-0.2, 0) is 47.5 Å². The van der Waals surface area contributed by atoms with E-state index < -0.39 is 149 Å². The van der Waals surface area contributed by atoms with Crippen LogP contribution in [0.15, 0.2) is 0 Å². The standard InChI is InChI=1S/C58H105ClN4O18S/c1-16-36-23-37(51(71)62-57(12,59)25-38-44(66)45(67)46(68)54(78-38)82-15)28-63(27-36)21-18-40(64)60-19-20-61-42-30(4)24-55(10,73)50(81-53-43(65)29(3)22-31(5)76-53)33(7)47(80-41-26-56(11,75-14)49(70)35(9)77-41)34(8)52(72)79-39(17-2)58(13,74)48(69)32(42)6/h29-39,41-50,53-54,61,65-70,73-74H,16-28H2,1-15H3,(H,60,64)(H,62,71)/t29?,30-,31?,32+,33+,34-,35?,36?,37?,38?,39-,41?,42+,43?,44+,45-,46?,47+,48-,49?,50-,53?,54-,55-,56?,57?,58-/m1/s1. The number of ether oxygens (including phenoxy) is 7. The number of nitrogens with zero attached hydrogens (tertiary/aromatic N) is 1. The number of hydrogen-bond acceptors (Lipinski definition) is 21. The van der Waals surface area contributed by atoms with Crippen molar-refractivity contribution in [3.05, 3.63) is 0 Å². The molecule has 27 atom stereocenters. The summed E-state index contributed by atoms with van der Waals surface area (Å²) in [5.41, 5.74) is -5.61. The topological polar surface area (TPSA) is 317 Å². The van der Waals surface area contributed by atoms with Gasteiger partial charge in [0.05, 0.1) is 59.7 Å². The number of nitrogens with one attached hydrogen (secondary N) is 3. The number of carbonyl (C=O) groups is 3. The number of aliphatic hydroxyl groups excluding tert-OH is 6. The third-order valence-electron chi connectivity index (χ3n) is 18.7. The van der Waals surface area contributed by atoms with Crippen LogP contribution in [0, 0.1) is 41.4 Å². The number of cyclic esters (lactones) is 1. The zero-order valence-electron chi connectivity index (χ0n) is 51.4. The van der Waals surface area contributed by atoms with E-state index in [1.165, 1.54) is 25.8 Å². The molecule has 5 rings (SSSR count). The number of aliphatic hydroxyl groups is 8. The average Bonchev–Trinajstić information content (AvgIpc) is 3.43. The summed E-state index contributed by atoms with van der Waals surface area (Å²) < 4.78 is 43.8. The average molecular weight is 1210 g/mol. The summed E-state index contributed by atoms with van der Waals surface area (Å²) in [4.78, 5) is 42.7. The Balaban J connectivity index is 1.32. The second kappa shape index (κ2) is 30.1. The van der Waals surface area contributed by atoms with Crippen molar-refractivity contribution in [2.45, 2.75) is 260 Å². The van der Waals surface area contributed by atoms with Crippen molar-refractivity contribution >= 4 is 41.1 Å². The molecule has 0 bridgehead atoms. The van der Waals surface area contributed by atoms with Crippen molar-refractivity contribution in [1.82, 2.24) is 20.9 Å². The molecule has 82 heavy (non-hydrogen) atoms. The van der Waals surface area contributed by atoms with Crippen molar-refractivity contribution in [1.29, 1.82) is 0 Å². The minimum Gasteiger partial charge on any atom is -0.459 e. The van der Waals surface area contributed by atoms with E-state index in [1.54, 1.807) is 61.6 Å². The molecule has 5 heterocycles. The molecule has 5 fully saturated rings. The highest BCUT2D eigenvalue weighted by atomic mass is 35.5. The monoisotopic (exact) mass is 1210 g/mol. The third-order valence-corrected chi connectivity index (χ3v) is 19.8. The maximum Gasteiger partial charge on any atom is 0.311 e. The SMILES string of the molecule is CCC1CC(C(=O)NC(C)(Cl)CC2O[C@H](SC)C(O)[C@H](O)[C@H]2O)CN(CCC(=O)NCCN[C@@H]2[C@H](C)[C@@H](O)[C@](C)(O)[C@@H](CC)OC(=O)[C@H](C)[C@@H](OC3CC(C)(OC)C(O)C(C)O3)[C@H](C)[C@@H](OC3OC(C)CC(C)C3O)[C@](C)(O)C[C@H]2C)C1. The van der Waals surface area contributed by atoms with Crippen LogP contribution in [0.3, 0.4) is 0 Å². The van der Waals surface area contributed by atoms with Crippen LogP contribution in [0.1, 0.15) is 141 Å². The number of methoxy groups -OCH3 is 1. The molecule has 24 heteroatoms. The van der Waals surface area contributed by atoms with Gasteiger partial charge in [0.1, 0.15) is 52.7 Å². The van der Waals surface area contributed by atoms with Gasteiger partial charge in [-0.05, 0) is 98.2 Å². The maximum atomic E-state index is 14.6. The van der Waals surface area contributed by atoms with Crippen LogP contribution in [0.4, 0.5) is 0 Å². The Morgan fingerprint density at radius 1 is 0.829 bits per heavy atom. The van der Waals surface area contributed by atoms with Crippen LogP contribution < -0.4 is 16.0 Å². The molecule has 0 radical (unpaired) electrons. The molecule has 11 N–H and O–H groups in total. The molecular weight excluding hydrogens is 1110 g/mol. The Bertz CT molecular complexity index is 2030. The van der Waals surface area contributed by atoms with E-state index in [2.05, 4.69) is 27.8 Å². The molecule has 0 aromatic heterocycles. The lowest BCUT2D eigenvalue weighted by atomic mass is 9.72. The first kappa shape index (κ1) is 71.2. The molecule has 0 aliphatic carbocycles. The summed E-state index contributed by atoms with van der Waals surface area (Å²) in [6.07, 6.45) is -11.3. The van der Waals surface area contributed by atoms with Gasteiger partial charge >= 0.3 is 5.97 Å². The largest absolute Gasteiger partial charge is 0.459 e. The van der Waals surface area contributed by atoms with Gasteiger partial charge in [0.25, 0.3) is 0 Å². The molecule has 0 saturated carbocycles. The highest BCUT2D eigenvalue weighted by molar-refractivity contribution is 7.99. The molecule has 5 aliphatic heterocycles. The number of alkyl halides is 1. The molecule has 0 spiro atoms. The Kier molecular flexibility index (Phi) is 26.1. The van der Waals surface area contributed by atoms with E-state index in [4.69, 9.17) is 44.8 Å². The normalized spacial score (nSPS) is 45.8. The van der Waals surface area contributed by atoms with Gasteiger partial charge in [-0.3, -0.25) is 14.4 Å². The fourth-order valence-corrected chi connectivity index (χ4v) is 14.5. The van der Waals surface area contributed by atoms with Crippen molar-refractivity contribution < 1.29 is 88.4 Å². The summed E-state index contributed by atoms with van der Waals surface area (Å²) in [5.74, 6) is -4.92. The van der Waals surface area contributed by atoms with Crippen LogP contribution in [0.25, 0.3) is 0 Å². The van der Waals surface area contributed by atoms with Crippen molar-refractivity contribution in [2.75, 3.05) is 46.1 Å². The second-order valence-corrected chi connectivity index (χ2v) is 27.6. The van der Waals surface area contributed by atoms with E-state index in [0.29, 0.717) is 32.5 Å². The van der Waals surface area contributed by atoms with Crippen molar-refractivity contribution in [2.24, 2.45) is 41.4 Å². The summed E-state index contributed by atoms with van der Waals surface area (Å²) in [6, 6.07) is -0.640. The van der Waals surface area contributed by atoms with E-state index >= 15 is 0 Å². The zero-order valence-corrected chi connectivity index (χ0v) is 52.9. The van der Waals surface area contributed by atoms with Gasteiger partial charge in [0, 0.05) is 77.0 Å². The first-order valence-corrected chi connectivity index (χ1v) is 31.6. The highest BCUT2D eigenvalue weighted by Gasteiger charge is 2.54. The zero-order chi connectivity index (χ0) is 61.6. The Morgan fingerprint density at radius 2 is 1.50 bits per heavy atom. The van der Waals surface area contributed by atoms with Gasteiger partial charge in [-0.2, -0.15) is 0 Å². The molecular formula is C58H105ClN4O18S. The first-order valence-electron chi connectivity index (χ1n) is 30.0. The van der Waals surface area contributed by atoms with Crippen LogP contribution in [0.5, 0.6) is 0 Å². The fraction of sp³-hybridized carbons (Fsp3) is 0.948. The highest BCUT2D eigenvalue weighted by Crippen LogP contribution is 2.42. The number of likely N-dealkylation sites (tertiary alicyclic amines) is 1. The fourth-order valence-electron chi connectivity index (χ4n) is 13.6. The van der Waals surface area contributed by atoms with Crippen molar-refractivity contribution in [3.8, 4) is 0 Å². The molecule has 22 nitrogen and oxygen atoms in total. The number of thioether (sulfide) groups is 1. The number of amides is 2. The summed E-state index contributed by atoms with van der Waals surface area (Å²) in [6.45, 7) is 24.6. The number of piperidine rings is 1. The maximum absolute atomic E-state index is 14.6. The number of halogens is 1. The number of hydrogen-bond donors (Lipinski definition) is 11. The molecule has 5 aliphatic rings. The minimum atomic E-state index is -1.98. The minimum absolute atomic E-state index is 0.0242. The molecule has 2 amide bonds. The second-order valence-electron chi connectivity index (χ2n) is 25.9.